The fourth-order valence-electron chi connectivity index (χ4n) is 4.11. The van der Waals surface area contributed by atoms with E-state index in [1.54, 1.807) is 12.1 Å². The number of ether oxygens (including phenoxy) is 2. The van der Waals surface area contributed by atoms with Crippen LogP contribution in [0.1, 0.15) is 34.1 Å². The minimum Gasteiger partial charge on any atom is -0.489 e. The zero-order valence-electron chi connectivity index (χ0n) is 16.1. The summed E-state index contributed by atoms with van der Waals surface area (Å²) in [5.74, 6) is 1.57. The van der Waals surface area contributed by atoms with E-state index >= 15 is 0 Å². The first-order chi connectivity index (χ1) is 12.4. The van der Waals surface area contributed by atoms with Crippen LogP contribution in [0.2, 0.25) is 0 Å². The van der Waals surface area contributed by atoms with Gasteiger partial charge in [-0.3, -0.25) is 0 Å². The zero-order valence-corrected chi connectivity index (χ0v) is 16.1. The Balaban J connectivity index is 1.58. The average molecular weight is 363 g/mol. The third kappa shape index (κ3) is 3.95. The number of rotatable bonds is 6. The van der Waals surface area contributed by atoms with Crippen LogP contribution in [0.15, 0.2) is 29.3 Å². The molecule has 2 fully saturated rings. The Kier molecular flexibility index (Phi) is 5.70. The predicted octanol–water partition coefficient (Wildman–Crippen LogP) is 2.96. The van der Waals surface area contributed by atoms with E-state index < -0.39 is 0 Å². The quantitative estimate of drug-likeness (QED) is 0.603. The smallest absolute Gasteiger partial charge is 0.191 e. The fraction of sp³-hybridized carbons (Fsp3) is 0.650. The van der Waals surface area contributed by atoms with E-state index in [9.17, 15) is 4.39 Å². The van der Waals surface area contributed by atoms with Gasteiger partial charge in [-0.15, -0.1) is 0 Å². The maximum atomic E-state index is 13.3. The number of halogens is 1. The normalized spacial score (nSPS) is 28.0. The standard InChI is InChI=1S/C20H30FN3O2/c1-5-22-19(24-17-16-9-10-25-18(16)20(17,3)4)23-12-13(2)26-15-8-6-7-14(21)11-15/h6-8,11,13,16-18H,5,9-10,12H2,1-4H3,(H2,22,23,24). The van der Waals surface area contributed by atoms with E-state index in [0.717, 1.165) is 25.5 Å². The van der Waals surface area contributed by atoms with Gasteiger partial charge in [0.1, 0.15) is 17.7 Å². The van der Waals surface area contributed by atoms with Crippen LogP contribution in [-0.2, 0) is 4.74 Å². The van der Waals surface area contributed by atoms with Gasteiger partial charge in [-0.25, -0.2) is 9.38 Å². The van der Waals surface area contributed by atoms with Crippen LogP contribution in [0.3, 0.4) is 0 Å². The maximum absolute atomic E-state index is 13.3. The van der Waals surface area contributed by atoms with Crippen molar-refractivity contribution in [2.75, 3.05) is 19.7 Å². The molecule has 0 spiro atoms. The highest BCUT2D eigenvalue weighted by Gasteiger charge is 2.59. The molecule has 0 radical (unpaired) electrons. The molecule has 0 amide bonds. The van der Waals surface area contributed by atoms with Crippen LogP contribution >= 0.6 is 0 Å². The molecule has 1 saturated carbocycles. The molecule has 0 aromatic heterocycles. The van der Waals surface area contributed by atoms with Crippen molar-refractivity contribution in [3.05, 3.63) is 30.1 Å². The van der Waals surface area contributed by atoms with Gasteiger partial charge in [0.25, 0.3) is 0 Å². The summed E-state index contributed by atoms with van der Waals surface area (Å²) in [5.41, 5.74) is 0.0983. The van der Waals surface area contributed by atoms with Crippen molar-refractivity contribution in [3.63, 3.8) is 0 Å². The van der Waals surface area contributed by atoms with E-state index in [0.29, 0.717) is 30.4 Å². The Labute approximate surface area is 155 Å². The summed E-state index contributed by atoms with van der Waals surface area (Å²) in [4.78, 5) is 4.67. The third-order valence-corrected chi connectivity index (χ3v) is 5.38. The lowest BCUT2D eigenvalue weighted by atomic mass is 9.57. The molecule has 6 heteroatoms. The molecular weight excluding hydrogens is 333 g/mol. The number of nitrogens with one attached hydrogen (secondary N) is 2. The van der Waals surface area contributed by atoms with Crippen LogP contribution < -0.4 is 15.4 Å². The molecule has 26 heavy (non-hydrogen) atoms. The third-order valence-electron chi connectivity index (χ3n) is 5.38. The van der Waals surface area contributed by atoms with Crippen molar-refractivity contribution in [2.24, 2.45) is 16.3 Å². The lowest BCUT2D eigenvalue weighted by Gasteiger charge is -2.54. The van der Waals surface area contributed by atoms with E-state index in [4.69, 9.17) is 9.47 Å². The van der Waals surface area contributed by atoms with Crippen molar-refractivity contribution in [1.29, 1.82) is 0 Å². The summed E-state index contributed by atoms with van der Waals surface area (Å²) >= 11 is 0. The van der Waals surface area contributed by atoms with E-state index in [-0.39, 0.29) is 17.3 Å². The molecule has 1 heterocycles. The predicted molar refractivity (Wildman–Crippen MR) is 101 cm³/mol. The molecule has 1 aromatic carbocycles. The molecule has 144 valence electrons. The topological polar surface area (TPSA) is 54.9 Å². The fourth-order valence-corrected chi connectivity index (χ4v) is 4.11. The first-order valence-corrected chi connectivity index (χ1v) is 9.50. The highest BCUT2D eigenvalue weighted by Crippen LogP contribution is 2.52. The van der Waals surface area contributed by atoms with Crippen molar-refractivity contribution < 1.29 is 13.9 Å². The molecular formula is C20H30FN3O2. The Hall–Kier alpha value is -1.82. The number of nitrogens with zero attached hydrogens (tertiary/aromatic N) is 1. The molecule has 5 nitrogen and oxygen atoms in total. The minimum atomic E-state index is -0.297. The Morgan fingerprint density at radius 1 is 1.46 bits per heavy atom. The van der Waals surface area contributed by atoms with Crippen LogP contribution in [-0.4, -0.2) is 43.9 Å². The van der Waals surface area contributed by atoms with Crippen molar-refractivity contribution in [2.45, 2.75) is 52.4 Å². The SMILES string of the molecule is CCNC(=NCC(C)Oc1cccc(F)c1)NC1C2CCOC2C1(C)C. The molecule has 2 N–H and O–H groups in total. The molecule has 4 unspecified atom stereocenters. The van der Waals surface area contributed by atoms with Gasteiger partial charge in [0.2, 0.25) is 0 Å². The van der Waals surface area contributed by atoms with E-state index in [1.807, 2.05) is 6.92 Å². The number of guanidine groups is 1. The second kappa shape index (κ2) is 7.82. The highest BCUT2D eigenvalue weighted by molar-refractivity contribution is 5.80. The van der Waals surface area contributed by atoms with E-state index in [1.165, 1.54) is 12.1 Å². The monoisotopic (exact) mass is 363 g/mol. The van der Waals surface area contributed by atoms with Crippen LogP contribution in [0.5, 0.6) is 5.75 Å². The Morgan fingerprint density at radius 3 is 3.00 bits per heavy atom. The first kappa shape index (κ1) is 19.0. The average Bonchev–Trinajstić information content (AvgIpc) is 3.04. The minimum absolute atomic E-state index is 0.0983. The summed E-state index contributed by atoms with van der Waals surface area (Å²) in [5, 5.41) is 6.90. The van der Waals surface area contributed by atoms with Gasteiger partial charge in [-0.1, -0.05) is 19.9 Å². The number of hydrogen-bond acceptors (Lipinski definition) is 3. The second-order valence-electron chi connectivity index (χ2n) is 7.79. The summed E-state index contributed by atoms with van der Waals surface area (Å²) < 4.78 is 24.9. The Bertz CT molecular complexity index is 650. The summed E-state index contributed by atoms with van der Waals surface area (Å²) in [6.45, 7) is 10.6. The summed E-state index contributed by atoms with van der Waals surface area (Å²) in [6, 6.07) is 6.55. The zero-order chi connectivity index (χ0) is 18.7. The lowest BCUT2D eigenvalue weighted by Crippen LogP contribution is -2.68. The molecule has 2 aliphatic rings. The van der Waals surface area contributed by atoms with Crippen LogP contribution in [0, 0.1) is 17.2 Å². The van der Waals surface area contributed by atoms with Gasteiger partial charge < -0.3 is 20.1 Å². The van der Waals surface area contributed by atoms with Gasteiger partial charge in [-0.05, 0) is 32.4 Å². The van der Waals surface area contributed by atoms with E-state index in [2.05, 4.69) is 36.4 Å². The highest BCUT2D eigenvalue weighted by atomic mass is 19.1. The molecule has 1 aliphatic carbocycles. The van der Waals surface area contributed by atoms with Gasteiger partial charge in [0, 0.05) is 36.6 Å². The number of benzene rings is 1. The number of hydrogen-bond donors (Lipinski definition) is 2. The largest absolute Gasteiger partial charge is 0.489 e. The van der Waals surface area contributed by atoms with Gasteiger partial charge in [-0.2, -0.15) is 0 Å². The van der Waals surface area contributed by atoms with Gasteiger partial charge >= 0.3 is 0 Å². The summed E-state index contributed by atoms with van der Waals surface area (Å²) in [6.07, 6.45) is 1.30. The van der Waals surface area contributed by atoms with Crippen LogP contribution in [0.25, 0.3) is 0 Å². The van der Waals surface area contributed by atoms with Gasteiger partial charge in [0.05, 0.1) is 12.6 Å². The number of fused-ring (bicyclic) bond motifs is 1. The Morgan fingerprint density at radius 2 is 2.27 bits per heavy atom. The summed E-state index contributed by atoms with van der Waals surface area (Å²) in [7, 11) is 0. The second-order valence-corrected chi connectivity index (χ2v) is 7.79. The van der Waals surface area contributed by atoms with Crippen LogP contribution in [0.4, 0.5) is 4.39 Å². The first-order valence-electron chi connectivity index (χ1n) is 9.50. The van der Waals surface area contributed by atoms with Crippen molar-refractivity contribution >= 4 is 5.96 Å². The molecule has 1 saturated heterocycles. The number of aliphatic imine (C=N–C) groups is 1. The van der Waals surface area contributed by atoms with Gasteiger partial charge in [0.15, 0.2) is 5.96 Å². The molecule has 1 aromatic rings. The molecule has 1 aliphatic heterocycles. The van der Waals surface area contributed by atoms with Crippen molar-refractivity contribution in [3.8, 4) is 5.75 Å². The maximum Gasteiger partial charge on any atom is 0.191 e. The lowest BCUT2D eigenvalue weighted by molar-refractivity contribution is -0.106. The molecule has 3 rings (SSSR count). The van der Waals surface area contributed by atoms with Crippen molar-refractivity contribution in [1.82, 2.24) is 10.6 Å². The molecule has 4 atom stereocenters. The molecule has 0 bridgehead atoms.